The molecule has 0 bridgehead atoms. The second kappa shape index (κ2) is 13.2. The molecule has 36 heavy (non-hydrogen) atoms. The molecule has 0 aliphatic rings. The van der Waals surface area contributed by atoms with E-state index in [-0.39, 0.29) is 62.1 Å². The SMILES string of the molecule is CCS(=O)(=O)CC(C)COc1ccc(S(=O)(=O)c2cc(Cl)c(OCC(CCl)OC(C)=O)c(Cl)c2)cc1. The molecular formula is C23H27Cl3O8S2. The van der Waals surface area contributed by atoms with Gasteiger partial charge in [-0.1, -0.05) is 37.0 Å². The highest BCUT2D eigenvalue weighted by Crippen LogP contribution is 2.37. The van der Waals surface area contributed by atoms with E-state index in [0.717, 1.165) is 0 Å². The van der Waals surface area contributed by atoms with Crippen LogP contribution < -0.4 is 9.47 Å². The Morgan fingerprint density at radius 1 is 0.944 bits per heavy atom. The first-order valence-electron chi connectivity index (χ1n) is 10.8. The fraction of sp³-hybridized carbons (Fsp3) is 0.435. The Morgan fingerprint density at radius 3 is 2.03 bits per heavy atom. The highest BCUT2D eigenvalue weighted by molar-refractivity contribution is 7.91. The van der Waals surface area contributed by atoms with Crippen LogP contribution in [0.2, 0.25) is 10.0 Å². The van der Waals surface area contributed by atoms with Crippen LogP contribution in [-0.4, -0.2) is 59.5 Å². The van der Waals surface area contributed by atoms with Crippen LogP contribution in [0.4, 0.5) is 0 Å². The summed E-state index contributed by atoms with van der Waals surface area (Å²) in [6, 6.07) is 8.12. The summed E-state index contributed by atoms with van der Waals surface area (Å²) in [5.74, 6) is -0.271. The van der Waals surface area contributed by atoms with E-state index in [1.54, 1.807) is 13.8 Å². The van der Waals surface area contributed by atoms with Crippen LogP contribution in [0.5, 0.6) is 11.5 Å². The minimum Gasteiger partial charge on any atom is -0.493 e. The molecule has 2 aromatic rings. The summed E-state index contributed by atoms with van der Waals surface area (Å²) in [6.07, 6.45) is -0.737. The molecular weight excluding hydrogens is 575 g/mol. The third-order valence-corrected chi connectivity index (χ3v) is 9.46. The molecule has 2 unspecified atom stereocenters. The summed E-state index contributed by atoms with van der Waals surface area (Å²) in [4.78, 5) is 10.9. The molecule has 0 aromatic heterocycles. The number of benzene rings is 2. The van der Waals surface area contributed by atoms with Gasteiger partial charge in [0, 0.05) is 18.6 Å². The monoisotopic (exact) mass is 600 g/mol. The summed E-state index contributed by atoms with van der Waals surface area (Å²) in [5, 5.41) is -0.0959. The molecule has 0 amide bonds. The van der Waals surface area contributed by atoms with Crippen molar-refractivity contribution in [3.05, 3.63) is 46.4 Å². The Balaban J connectivity index is 2.13. The van der Waals surface area contributed by atoms with Gasteiger partial charge in [-0.2, -0.15) is 0 Å². The van der Waals surface area contributed by atoms with Crippen molar-refractivity contribution in [1.82, 2.24) is 0 Å². The summed E-state index contributed by atoms with van der Waals surface area (Å²) in [5.41, 5.74) is 0. The van der Waals surface area contributed by atoms with Gasteiger partial charge >= 0.3 is 5.97 Å². The Morgan fingerprint density at radius 2 is 1.53 bits per heavy atom. The van der Waals surface area contributed by atoms with E-state index in [0.29, 0.717) is 5.75 Å². The maximum Gasteiger partial charge on any atom is 0.303 e. The van der Waals surface area contributed by atoms with Crippen molar-refractivity contribution in [1.29, 1.82) is 0 Å². The molecule has 13 heteroatoms. The highest BCUT2D eigenvalue weighted by atomic mass is 35.5. The average Bonchev–Trinajstić information content (AvgIpc) is 2.81. The zero-order valence-electron chi connectivity index (χ0n) is 19.9. The van der Waals surface area contributed by atoms with Crippen LogP contribution in [0.1, 0.15) is 20.8 Å². The minimum atomic E-state index is -3.98. The lowest BCUT2D eigenvalue weighted by molar-refractivity contribution is -0.146. The van der Waals surface area contributed by atoms with Gasteiger partial charge in [0.25, 0.3) is 0 Å². The molecule has 0 heterocycles. The van der Waals surface area contributed by atoms with E-state index in [1.165, 1.54) is 43.3 Å². The summed E-state index contributed by atoms with van der Waals surface area (Å²) >= 11 is 18.2. The van der Waals surface area contributed by atoms with Gasteiger partial charge in [0.1, 0.15) is 28.3 Å². The molecule has 0 aliphatic carbocycles. The van der Waals surface area contributed by atoms with Gasteiger partial charge in [0.05, 0.1) is 38.1 Å². The van der Waals surface area contributed by atoms with Crippen molar-refractivity contribution in [2.75, 3.05) is 30.6 Å². The molecule has 0 radical (unpaired) electrons. The van der Waals surface area contributed by atoms with Crippen LogP contribution in [0.25, 0.3) is 0 Å². The standard InChI is InChI=1S/C23H27Cl3O8S2/c1-4-35(28,29)14-15(2)12-32-17-5-7-19(8-6-17)36(30,31)20-9-21(25)23(22(26)10-20)33-13-18(11-24)34-16(3)27/h5-10,15,18H,4,11-14H2,1-3H3. The number of hydrogen-bond donors (Lipinski definition) is 0. The molecule has 2 rings (SSSR count). The molecule has 0 aliphatic heterocycles. The number of ether oxygens (including phenoxy) is 3. The van der Waals surface area contributed by atoms with Crippen LogP contribution in [-0.2, 0) is 29.2 Å². The van der Waals surface area contributed by atoms with E-state index in [2.05, 4.69) is 0 Å². The summed E-state index contributed by atoms with van der Waals surface area (Å²) in [6.45, 7) is 4.63. The Labute approximate surface area is 226 Å². The number of halogens is 3. The molecule has 0 saturated heterocycles. The fourth-order valence-corrected chi connectivity index (χ4v) is 6.43. The van der Waals surface area contributed by atoms with Crippen molar-refractivity contribution in [2.24, 2.45) is 5.92 Å². The maximum atomic E-state index is 13.1. The lowest BCUT2D eigenvalue weighted by Gasteiger charge is -2.17. The van der Waals surface area contributed by atoms with Gasteiger partial charge in [0.2, 0.25) is 9.84 Å². The number of rotatable bonds is 13. The molecule has 2 atom stereocenters. The van der Waals surface area contributed by atoms with Crippen molar-refractivity contribution < 1.29 is 35.8 Å². The van der Waals surface area contributed by atoms with Gasteiger partial charge < -0.3 is 14.2 Å². The molecule has 8 nitrogen and oxygen atoms in total. The smallest absolute Gasteiger partial charge is 0.303 e. The van der Waals surface area contributed by atoms with E-state index in [9.17, 15) is 21.6 Å². The molecule has 0 N–H and O–H groups in total. The minimum absolute atomic E-state index is 0.00742. The van der Waals surface area contributed by atoms with Crippen molar-refractivity contribution in [3.8, 4) is 11.5 Å². The van der Waals surface area contributed by atoms with Crippen LogP contribution in [0.3, 0.4) is 0 Å². The normalized spacial score (nSPS) is 13.6. The third kappa shape index (κ3) is 8.69. The fourth-order valence-electron chi connectivity index (χ4n) is 3.04. The predicted octanol–water partition coefficient (Wildman–Crippen LogP) is 4.83. The number of carbonyl (C=O) groups excluding carboxylic acids is 1. The first-order valence-corrected chi connectivity index (χ1v) is 15.4. The zero-order chi connectivity index (χ0) is 27.1. The second-order valence-corrected chi connectivity index (χ2v) is 13.5. The number of esters is 1. The number of carbonyl (C=O) groups is 1. The van der Waals surface area contributed by atoms with E-state index in [1.807, 2.05) is 0 Å². The lowest BCUT2D eigenvalue weighted by atomic mass is 10.2. The largest absolute Gasteiger partial charge is 0.493 e. The van der Waals surface area contributed by atoms with Gasteiger partial charge in [-0.15, -0.1) is 11.6 Å². The van der Waals surface area contributed by atoms with Gasteiger partial charge in [-0.25, -0.2) is 16.8 Å². The molecule has 200 valence electrons. The molecule has 0 saturated carbocycles. The van der Waals surface area contributed by atoms with Crippen LogP contribution in [0, 0.1) is 5.92 Å². The number of sulfone groups is 2. The first-order chi connectivity index (χ1) is 16.8. The highest BCUT2D eigenvalue weighted by Gasteiger charge is 2.23. The maximum absolute atomic E-state index is 13.1. The molecule has 0 spiro atoms. The predicted molar refractivity (Wildman–Crippen MR) is 139 cm³/mol. The number of alkyl halides is 1. The zero-order valence-corrected chi connectivity index (χ0v) is 23.8. The molecule has 0 fully saturated rings. The Kier molecular flexibility index (Phi) is 11.2. The summed E-state index contributed by atoms with van der Waals surface area (Å²) in [7, 11) is -7.10. The van der Waals surface area contributed by atoms with Gasteiger partial charge in [0.15, 0.2) is 5.75 Å². The lowest BCUT2D eigenvalue weighted by Crippen LogP contribution is -2.25. The third-order valence-electron chi connectivity index (χ3n) is 4.85. The molecule has 2 aromatic carbocycles. The van der Waals surface area contributed by atoms with E-state index >= 15 is 0 Å². The van der Waals surface area contributed by atoms with Crippen LogP contribution in [0.15, 0.2) is 46.2 Å². The van der Waals surface area contributed by atoms with Crippen LogP contribution >= 0.6 is 34.8 Å². The average molecular weight is 602 g/mol. The Hall–Kier alpha value is -1.72. The quantitative estimate of drug-likeness (QED) is 0.237. The summed E-state index contributed by atoms with van der Waals surface area (Å²) < 4.78 is 65.8. The van der Waals surface area contributed by atoms with Gasteiger partial charge in [-0.05, 0) is 36.4 Å². The van der Waals surface area contributed by atoms with E-state index < -0.39 is 31.7 Å². The topological polar surface area (TPSA) is 113 Å². The second-order valence-electron chi connectivity index (χ2n) is 8.00. The van der Waals surface area contributed by atoms with E-state index in [4.69, 9.17) is 49.0 Å². The van der Waals surface area contributed by atoms with Crippen molar-refractivity contribution >= 4 is 60.4 Å². The van der Waals surface area contributed by atoms with Crippen molar-refractivity contribution in [3.63, 3.8) is 0 Å². The van der Waals surface area contributed by atoms with Gasteiger partial charge in [-0.3, -0.25) is 4.79 Å². The Bertz CT molecular complexity index is 1240. The van der Waals surface area contributed by atoms with Crippen molar-refractivity contribution in [2.45, 2.75) is 36.7 Å². The first kappa shape index (κ1) is 30.5. The number of hydrogen-bond acceptors (Lipinski definition) is 8.